The second-order valence-electron chi connectivity index (χ2n) is 6.10. The Bertz CT molecular complexity index is 1060. The number of carbonyl (C=O) groups is 2. The fourth-order valence-electron chi connectivity index (χ4n) is 2.89. The maximum atomic E-state index is 13.6. The molecule has 1 aromatic heterocycles. The number of ketones is 1. The Morgan fingerprint density at radius 1 is 1.23 bits per heavy atom. The molecule has 26 heavy (non-hydrogen) atoms. The molecule has 0 radical (unpaired) electrons. The highest BCUT2D eigenvalue weighted by Gasteiger charge is 2.30. The average molecular weight is 349 g/mol. The SMILES string of the molecule is Cc1cccc(NC(=O)C(C#N)C(=O)c2cn(C)c3ccc(F)cc23)c1. The summed E-state index contributed by atoms with van der Waals surface area (Å²) in [6.45, 7) is 1.87. The highest BCUT2D eigenvalue weighted by atomic mass is 19.1. The van der Waals surface area contributed by atoms with E-state index < -0.39 is 23.4 Å². The van der Waals surface area contributed by atoms with E-state index in [1.807, 2.05) is 13.0 Å². The number of amides is 1. The Hall–Kier alpha value is -3.46. The first-order valence-electron chi connectivity index (χ1n) is 7.96. The highest BCUT2D eigenvalue weighted by molar-refractivity contribution is 6.19. The lowest BCUT2D eigenvalue weighted by Crippen LogP contribution is -2.28. The maximum absolute atomic E-state index is 13.6. The van der Waals surface area contributed by atoms with Gasteiger partial charge in [0.2, 0.25) is 5.91 Å². The third-order valence-electron chi connectivity index (χ3n) is 4.16. The first kappa shape index (κ1) is 17.4. The molecule has 0 fully saturated rings. The molecule has 0 saturated carbocycles. The number of fused-ring (bicyclic) bond motifs is 1. The molecule has 0 aliphatic carbocycles. The monoisotopic (exact) mass is 349 g/mol. The van der Waals surface area contributed by atoms with Crippen LogP contribution in [-0.4, -0.2) is 16.3 Å². The van der Waals surface area contributed by atoms with Gasteiger partial charge in [-0.15, -0.1) is 0 Å². The summed E-state index contributed by atoms with van der Waals surface area (Å²) in [6.07, 6.45) is 1.51. The van der Waals surface area contributed by atoms with Crippen molar-refractivity contribution >= 4 is 28.3 Å². The molecule has 0 aliphatic heterocycles. The molecule has 0 spiro atoms. The van der Waals surface area contributed by atoms with Crippen LogP contribution in [0.4, 0.5) is 10.1 Å². The summed E-state index contributed by atoms with van der Waals surface area (Å²) in [5, 5.41) is 12.3. The Morgan fingerprint density at radius 3 is 2.69 bits per heavy atom. The summed E-state index contributed by atoms with van der Waals surface area (Å²) in [5.41, 5.74) is 2.23. The zero-order valence-corrected chi connectivity index (χ0v) is 14.3. The quantitative estimate of drug-likeness (QED) is 0.578. The van der Waals surface area contributed by atoms with Crippen LogP contribution in [0.3, 0.4) is 0 Å². The number of halogens is 1. The van der Waals surface area contributed by atoms with Gasteiger partial charge in [-0.25, -0.2) is 4.39 Å². The third kappa shape index (κ3) is 3.20. The van der Waals surface area contributed by atoms with E-state index in [1.54, 1.807) is 41.9 Å². The van der Waals surface area contributed by atoms with Crippen molar-refractivity contribution in [3.63, 3.8) is 0 Å². The number of aromatic nitrogens is 1. The molecule has 1 N–H and O–H groups in total. The normalized spacial score (nSPS) is 11.8. The average Bonchev–Trinajstić information content (AvgIpc) is 2.91. The number of carbonyl (C=O) groups excluding carboxylic acids is 2. The van der Waals surface area contributed by atoms with Crippen LogP contribution in [0.25, 0.3) is 10.9 Å². The number of aryl methyl sites for hydroxylation is 2. The van der Waals surface area contributed by atoms with Gasteiger partial charge in [0.15, 0.2) is 11.7 Å². The van der Waals surface area contributed by atoms with Crippen molar-refractivity contribution in [1.82, 2.24) is 4.57 Å². The van der Waals surface area contributed by atoms with Gasteiger partial charge in [0.05, 0.1) is 6.07 Å². The van der Waals surface area contributed by atoms with Crippen molar-refractivity contribution < 1.29 is 14.0 Å². The topological polar surface area (TPSA) is 74.9 Å². The number of hydrogen-bond donors (Lipinski definition) is 1. The van der Waals surface area contributed by atoms with Crippen molar-refractivity contribution in [3.05, 3.63) is 65.6 Å². The van der Waals surface area contributed by atoms with Crippen LogP contribution in [-0.2, 0) is 11.8 Å². The molecular formula is C20H16FN3O2. The van der Waals surface area contributed by atoms with Crippen molar-refractivity contribution in [1.29, 1.82) is 5.26 Å². The van der Waals surface area contributed by atoms with E-state index in [2.05, 4.69) is 5.32 Å². The minimum Gasteiger partial charge on any atom is -0.350 e. The summed E-state index contributed by atoms with van der Waals surface area (Å²) in [7, 11) is 1.71. The Labute approximate surface area is 149 Å². The lowest BCUT2D eigenvalue weighted by Gasteiger charge is -2.10. The minimum atomic E-state index is -1.52. The maximum Gasteiger partial charge on any atom is 0.249 e. The van der Waals surface area contributed by atoms with Gasteiger partial charge in [-0.1, -0.05) is 12.1 Å². The standard InChI is InChI=1S/C20H16FN3O2/c1-12-4-3-5-14(8-12)23-20(26)16(10-22)19(25)17-11-24(2)18-7-6-13(21)9-15(17)18/h3-9,11,16H,1-2H3,(H,23,26). The fourth-order valence-corrected chi connectivity index (χ4v) is 2.89. The molecule has 130 valence electrons. The van der Waals surface area contributed by atoms with E-state index in [-0.39, 0.29) is 5.56 Å². The smallest absolute Gasteiger partial charge is 0.249 e. The van der Waals surface area contributed by atoms with E-state index in [1.165, 1.54) is 18.3 Å². The molecule has 3 rings (SSSR count). The molecular weight excluding hydrogens is 333 g/mol. The molecule has 1 heterocycles. The Balaban J connectivity index is 1.93. The summed E-state index contributed by atoms with van der Waals surface area (Å²) in [5.74, 6) is -3.38. The van der Waals surface area contributed by atoms with E-state index in [0.29, 0.717) is 16.6 Å². The first-order valence-corrected chi connectivity index (χ1v) is 7.96. The zero-order chi connectivity index (χ0) is 18.8. The molecule has 5 nitrogen and oxygen atoms in total. The molecule has 0 saturated heterocycles. The number of Topliss-reactive ketones (excluding diaryl/α,β-unsaturated/α-hetero) is 1. The predicted molar refractivity (Wildman–Crippen MR) is 96.1 cm³/mol. The molecule has 1 unspecified atom stereocenters. The second-order valence-corrected chi connectivity index (χ2v) is 6.10. The molecule has 1 amide bonds. The largest absolute Gasteiger partial charge is 0.350 e. The first-order chi connectivity index (χ1) is 12.4. The fraction of sp³-hybridized carbons (Fsp3) is 0.150. The number of anilines is 1. The molecule has 0 bridgehead atoms. The van der Waals surface area contributed by atoms with Crippen LogP contribution in [0.2, 0.25) is 0 Å². The summed E-state index contributed by atoms with van der Waals surface area (Å²) in [6, 6.07) is 12.9. The minimum absolute atomic E-state index is 0.146. The lowest BCUT2D eigenvalue weighted by molar-refractivity contribution is -0.117. The lowest BCUT2D eigenvalue weighted by atomic mass is 9.97. The van der Waals surface area contributed by atoms with Crippen molar-refractivity contribution in [2.45, 2.75) is 6.92 Å². The van der Waals surface area contributed by atoms with Crippen LogP contribution in [0.1, 0.15) is 15.9 Å². The highest BCUT2D eigenvalue weighted by Crippen LogP contribution is 2.24. The van der Waals surface area contributed by atoms with Crippen LogP contribution in [0, 0.1) is 30.0 Å². The Morgan fingerprint density at radius 2 is 2.00 bits per heavy atom. The zero-order valence-electron chi connectivity index (χ0n) is 14.3. The third-order valence-corrected chi connectivity index (χ3v) is 4.16. The van der Waals surface area contributed by atoms with Gasteiger partial charge in [-0.3, -0.25) is 9.59 Å². The van der Waals surface area contributed by atoms with Gasteiger partial charge in [-0.05, 0) is 42.8 Å². The molecule has 0 aliphatic rings. The summed E-state index contributed by atoms with van der Waals surface area (Å²) >= 11 is 0. The van der Waals surface area contributed by atoms with Crippen molar-refractivity contribution in [2.24, 2.45) is 13.0 Å². The summed E-state index contributed by atoms with van der Waals surface area (Å²) in [4.78, 5) is 25.2. The number of hydrogen-bond acceptors (Lipinski definition) is 3. The second kappa shape index (κ2) is 6.81. The van der Waals surface area contributed by atoms with E-state index >= 15 is 0 Å². The molecule has 1 atom stereocenters. The van der Waals surface area contributed by atoms with Crippen molar-refractivity contribution in [2.75, 3.05) is 5.32 Å². The number of rotatable bonds is 4. The molecule has 2 aromatic carbocycles. The van der Waals surface area contributed by atoms with Gasteiger partial charge in [0, 0.05) is 35.4 Å². The van der Waals surface area contributed by atoms with E-state index in [9.17, 15) is 19.2 Å². The van der Waals surface area contributed by atoms with Gasteiger partial charge in [-0.2, -0.15) is 5.26 Å². The van der Waals surface area contributed by atoms with Gasteiger partial charge < -0.3 is 9.88 Å². The van der Waals surface area contributed by atoms with Crippen LogP contribution in [0.15, 0.2) is 48.7 Å². The van der Waals surface area contributed by atoms with Crippen LogP contribution in [0.5, 0.6) is 0 Å². The number of nitrogens with zero attached hydrogens (tertiary/aromatic N) is 2. The van der Waals surface area contributed by atoms with E-state index in [4.69, 9.17) is 0 Å². The van der Waals surface area contributed by atoms with Gasteiger partial charge >= 0.3 is 0 Å². The number of benzene rings is 2. The Kier molecular flexibility index (Phi) is 4.55. The predicted octanol–water partition coefficient (Wildman–Crippen LogP) is 3.59. The van der Waals surface area contributed by atoms with Crippen molar-refractivity contribution in [3.8, 4) is 6.07 Å². The van der Waals surface area contributed by atoms with Crippen LogP contribution >= 0.6 is 0 Å². The number of nitriles is 1. The summed E-state index contributed by atoms with van der Waals surface area (Å²) < 4.78 is 15.3. The van der Waals surface area contributed by atoms with Gasteiger partial charge in [0.1, 0.15) is 5.82 Å². The van der Waals surface area contributed by atoms with Gasteiger partial charge in [0.25, 0.3) is 0 Å². The van der Waals surface area contributed by atoms with Crippen LogP contribution < -0.4 is 5.32 Å². The molecule has 6 heteroatoms. The molecule has 3 aromatic rings. The number of nitrogens with one attached hydrogen (secondary N) is 1. The van der Waals surface area contributed by atoms with E-state index in [0.717, 1.165) is 5.56 Å².